The lowest BCUT2D eigenvalue weighted by molar-refractivity contribution is 0.0613. The Hall–Kier alpha value is -3.10. The molecule has 5 rings (SSSR count). The second kappa shape index (κ2) is 8.11. The van der Waals surface area contributed by atoms with E-state index in [1.165, 1.54) is 12.1 Å². The number of amides is 1. The van der Waals surface area contributed by atoms with Crippen molar-refractivity contribution in [2.24, 2.45) is 0 Å². The van der Waals surface area contributed by atoms with E-state index in [-0.39, 0.29) is 24.2 Å². The van der Waals surface area contributed by atoms with E-state index < -0.39 is 0 Å². The van der Waals surface area contributed by atoms with E-state index >= 15 is 0 Å². The number of nitrogens with one attached hydrogen (secondary N) is 2. The van der Waals surface area contributed by atoms with Gasteiger partial charge in [-0.15, -0.1) is 0 Å². The second-order valence-corrected chi connectivity index (χ2v) is 8.53. The number of aryl methyl sites for hydroxylation is 1. The van der Waals surface area contributed by atoms with E-state index in [1.807, 2.05) is 17.9 Å². The van der Waals surface area contributed by atoms with Gasteiger partial charge in [0.25, 0.3) is 5.91 Å². The molecule has 7 nitrogen and oxygen atoms in total. The van der Waals surface area contributed by atoms with Gasteiger partial charge >= 0.3 is 0 Å². The summed E-state index contributed by atoms with van der Waals surface area (Å²) in [7, 11) is 0. The number of carbonyl (C=O) groups is 1. The molecule has 0 atom stereocenters. The number of aliphatic hydroxyl groups excluding tert-OH is 1. The maximum absolute atomic E-state index is 14.0. The van der Waals surface area contributed by atoms with Gasteiger partial charge in [-0.1, -0.05) is 6.08 Å². The summed E-state index contributed by atoms with van der Waals surface area (Å²) in [5.74, 6) is -0.364. The van der Waals surface area contributed by atoms with Crippen LogP contribution in [0.15, 0.2) is 24.3 Å². The smallest absolute Gasteiger partial charge is 0.256 e. The van der Waals surface area contributed by atoms with E-state index in [0.29, 0.717) is 41.7 Å². The van der Waals surface area contributed by atoms with Gasteiger partial charge in [0.05, 0.1) is 23.4 Å². The number of aromatic nitrogens is 2. The molecule has 1 amide bonds. The van der Waals surface area contributed by atoms with Crippen LogP contribution in [-0.2, 0) is 6.42 Å². The van der Waals surface area contributed by atoms with Gasteiger partial charge in [-0.2, -0.15) is 0 Å². The van der Waals surface area contributed by atoms with E-state index in [0.717, 1.165) is 48.5 Å². The van der Waals surface area contributed by atoms with Gasteiger partial charge in [0.15, 0.2) is 5.88 Å². The van der Waals surface area contributed by atoms with Crippen LogP contribution in [0.1, 0.15) is 39.3 Å². The third kappa shape index (κ3) is 3.40. The third-order valence-electron chi connectivity index (χ3n) is 6.60. The molecule has 0 spiro atoms. The molecule has 0 saturated carbocycles. The van der Waals surface area contributed by atoms with Crippen LogP contribution >= 0.6 is 0 Å². The predicted octanol–water partition coefficient (Wildman–Crippen LogP) is 2.78. The number of fused-ring (bicyclic) bond motifs is 2. The molecule has 168 valence electrons. The molecule has 2 aliphatic rings. The van der Waals surface area contributed by atoms with Crippen LogP contribution in [0.5, 0.6) is 5.88 Å². The van der Waals surface area contributed by atoms with Gasteiger partial charge < -0.3 is 25.1 Å². The standard InChI is InChI=1S/C24H27FN4O3/c1-14-20(24(32)29-9-7-28(8-10-29)11-12-30)16-3-2-4-17(22(16)26-14)21-18-13-15(25)5-6-19(18)27-23(21)31/h4-6,13,26-27,30-31H,2-3,7-12H2,1H3. The van der Waals surface area contributed by atoms with Gasteiger partial charge in [0.1, 0.15) is 5.82 Å². The van der Waals surface area contributed by atoms with E-state index in [2.05, 4.69) is 14.9 Å². The average Bonchev–Trinajstić information content (AvgIpc) is 3.29. The van der Waals surface area contributed by atoms with Gasteiger partial charge in [-0.05, 0) is 43.5 Å². The number of β-amino-alcohol motifs (C(OH)–C–C–N with tert-alkyl or cyclic N) is 1. The number of hydrogen-bond acceptors (Lipinski definition) is 4. The molecule has 1 aromatic carbocycles. The maximum atomic E-state index is 14.0. The number of aliphatic hydroxyl groups is 1. The number of halogens is 1. The van der Waals surface area contributed by atoms with Crippen LogP contribution in [0.25, 0.3) is 16.5 Å². The topological polar surface area (TPSA) is 95.6 Å². The number of carbonyl (C=O) groups excluding carboxylic acids is 1. The van der Waals surface area contributed by atoms with E-state index in [1.54, 1.807) is 6.07 Å². The van der Waals surface area contributed by atoms with Crippen molar-refractivity contribution in [3.63, 3.8) is 0 Å². The largest absolute Gasteiger partial charge is 0.494 e. The molecule has 1 aliphatic heterocycles. The highest BCUT2D eigenvalue weighted by atomic mass is 19.1. The number of aromatic hydroxyl groups is 1. The molecule has 0 radical (unpaired) electrons. The van der Waals surface area contributed by atoms with Crippen LogP contribution in [0, 0.1) is 12.7 Å². The molecule has 3 heterocycles. The molecule has 1 saturated heterocycles. The number of allylic oxidation sites excluding steroid dienone is 1. The highest BCUT2D eigenvalue weighted by Gasteiger charge is 2.31. The molecule has 1 aliphatic carbocycles. The fourth-order valence-corrected chi connectivity index (χ4v) is 5.03. The molecular weight excluding hydrogens is 411 g/mol. The summed E-state index contributed by atoms with van der Waals surface area (Å²) in [5.41, 5.74) is 5.27. The van der Waals surface area contributed by atoms with Crippen molar-refractivity contribution < 1.29 is 19.4 Å². The SMILES string of the molecule is Cc1[nH]c2c(c1C(=O)N1CCN(CCO)CC1)CCC=C2c1c(O)[nH]c2ccc(F)cc12. The van der Waals surface area contributed by atoms with Crippen LogP contribution in [0.3, 0.4) is 0 Å². The lowest BCUT2D eigenvalue weighted by Gasteiger charge is -2.34. The second-order valence-electron chi connectivity index (χ2n) is 8.53. The lowest BCUT2D eigenvalue weighted by atomic mass is 9.89. The Balaban J connectivity index is 1.50. The fourth-order valence-electron chi connectivity index (χ4n) is 5.03. The van der Waals surface area contributed by atoms with Gasteiger partial charge in [-0.3, -0.25) is 9.69 Å². The van der Waals surface area contributed by atoms with Crippen molar-refractivity contribution in [3.8, 4) is 5.88 Å². The minimum Gasteiger partial charge on any atom is -0.494 e. The Morgan fingerprint density at radius 3 is 2.72 bits per heavy atom. The monoisotopic (exact) mass is 438 g/mol. The van der Waals surface area contributed by atoms with Crippen LogP contribution in [-0.4, -0.2) is 75.2 Å². The molecular formula is C24H27FN4O3. The molecule has 1 fully saturated rings. The van der Waals surface area contributed by atoms with Crippen molar-refractivity contribution in [2.75, 3.05) is 39.3 Å². The fraction of sp³-hybridized carbons (Fsp3) is 0.375. The first-order valence-corrected chi connectivity index (χ1v) is 11.0. The predicted molar refractivity (Wildman–Crippen MR) is 120 cm³/mol. The molecule has 0 bridgehead atoms. The van der Waals surface area contributed by atoms with Crippen molar-refractivity contribution >= 4 is 22.4 Å². The van der Waals surface area contributed by atoms with Crippen molar-refractivity contribution in [1.82, 2.24) is 19.8 Å². The molecule has 0 unspecified atom stereocenters. The van der Waals surface area contributed by atoms with Crippen LogP contribution < -0.4 is 0 Å². The molecule has 8 heteroatoms. The Bertz CT molecular complexity index is 1220. The maximum Gasteiger partial charge on any atom is 0.256 e. The summed E-state index contributed by atoms with van der Waals surface area (Å²) in [6, 6.07) is 4.39. The first-order valence-electron chi connectivity index (χ1n) is 11.0. The first-order chi connectivity index (χ1) is 15.5. The molecule has 2 aromatic heterocycles. The van der Waals surface area contributed by atoms with Crippen molar-refractivity contribution in [3.05, 3.63) is 58.2 Å². The lowest BCUT2D eigenvalue weighted by Crippen LogP contribution is -2.49. The van der Waals surface area contributed by atoms with Gasteiger partial charge in [0, 0.05) is 54.9 Å². The Morgan fingerprint density at radius 2 is 1.97 bits per heavy atom. The summed E-state index contributed by atoms with van der Waals surface area (Å²) in [6.45, 7) is 5.41. The van der Waals surface area contributed by atoms with Crippen molar-refractivity contribution in [1.29, 1.82) is 0 Å². The summed E-state index contributed by atoms with van der Waals surface area (Å²) in [5, 5.41) is 20.4. The molecule has 4 N–H and O–H groups in total. The van der Waals surface area contributed by atoms with Crippen LogP contribution in [0.4, 0.5) is 4.39 Å². The quantitative estimate of drug-likeness (QED) is 0.504. The number of hydrogen-bond donors (Lipinski definition) is 4. The van der Waals surface area contributed by atoms with Gasteiger partial charge in [0.2, 0.25) is 0 Å². The minimum absolute atomic E-state index is 0.00941. The zero-order valence-electron chi connectivity index (χ0n) is 18.0. The number of benzene rings is 1. The highest BCUT2D eigenvalue weighted by molar-refractivity contribution is 6.03. The highest BCUT2D eigenvalue weighted by Crippen LogP contribution is 2.41. The first kappa shape index (κ1) is 20.8. The number of aromatic amines is 2. The molecule has 3 aromatic rings. The Labute approximate surface area is 185 Å². The Morgan fingerprint density at radius 1 is 1.19 bits per heavy atom. The summed E-state index contributed by atoms with van der Waals surface area (Å²) < 4.78 is 14.0. The third-order valence-corrected chi connectivity index (χ3v) is 6.60. The number of nitrogens with zero attached hydrogens (tertiary/aromatic N) is 2. The van der Waals surface area contributed by atoms with Crippen LogP contribution in [0.2, 0.25) is 0 Å². The zero-order valence-corrected chi connectivity index (χ0v) is 18.0. The van der Waals surface area contributed by atoms with Gasteiger partial charge in [-0.25, -0.2) is 4.39 Å². The summed E-state index contributed by atoms with van der Waals surface area (Å²) in [6.07, 6.45) is 3.49. The summed E-state index contributed by atoms with van der Waals surface area (Å²) in [4.78, 5) is 23.8. The number of H-pyrrole nitrogens is 2. The number of piperazine rings is 1. The Kier molecular flexibility index (Phi) is 5.27. The molecule has 32 heavy (non-hydrogen) atoms. The van der Waals surface area contributed by atoms with E-state index in [9.17, 15) is 14.3 Å². The van der Waals surface area contributed by atoms with Crippen molar-refractivity contribution in [2.45, 2.75) is 19.8 Å². The minimum atomic E-state index is -0.367. The van der Waals surface area contributed by atoms with E-state index in [4.69, 9.17) is 5.11 Å². The zero-order chi connectivity index (χ0) is 22.4. The normalized spacial score (nSPS) is 17.0. The average molecular weight is 439 g/mol. The number of rotatable bonds is 4. The summed E-state index contributed by atoms with van der Waals surface area (Å²) >= 11 is 0.